The summed E-state index contributed by atoms with van der Waals surface area (Å²) in [6, 6.07) is 9.04. The van der Waals surface area contributed by atoms with Gasteiger partial charge >= 0.3 is 0 Å². The van der Waals surface area contributed by atoms with Crippen molar-refractivity contribution in [3.63, 3.8) is 0 Å². The summed E-state index contributed by atoms with van der Waals surface area (Å²) in [5.74, 6) is 0.895. The van der Waals surface area contributed by atoms with Crippen molar-refractivity contribution in [2.24, 2.45) is 0 Å². The zero-order valence-electron chi connectivity index (χ0n) is 19.5. The number of carbonyl (C=O) groups excluding carboxylic acids is 1. The Balaban J connectivity index is 1.56. The second kappa shape index (κ2) is 9.08. The van der Waals surface area contributed by atoms with Gasteiger partial charge < -0.3 is 14.5 Å². The van der Waals surface area contributed by atoms with E-state index in [-0.39, 0.29) is 0 Å². The highest BCUT2D eigenvalue weighted by Gasteiger charge is 2.23. The average Bonchev–Trinajstić information content (AvgIpc) is 3.44. The van der Waals surface area contributed by atoms with Gasteiger partial charge in [-0.15, -0.1) is 0 Å². The molecule has 1 saturated heterocycles. The van der Waals surface area contributed by atoms with Crippen LogP contribution in [-0.4, -0.2) is 57.5 Å². The van der Waals surface area contributed by atoms with E-state index < -0.39 is 0 Å². The number of pyridine rings is 1. The highest BCUT2D eigenvalue weighted by Crippen LogP contribution is 2.38. The number of fused-ring (bicyclic) bond motifs is 2. The van der Waals surface area contributed by atoms with Crippen LogP contribution in [0.2, 0.25) is 0 Å². The molecule has 1 aliphatic heterocycles. The molecule has 0 radical (unpaired) electrons. The van der Waals surface area contributed by atoms with E-state index in [1.165, 1.54) is 16.5 Å². The monoisotopic (exact) mass is 445 g/mol. The third kappa shape index (κ3) is 4.07. The highest BCUT2D eigenvalue weighted by molar-refractivity contribution is 5.92. The summed E-state index contributed by atoms with van der Waals surface area (Å²) < 4.78 is 7.26. The lowest BCUT2D eigenvalue weighted by Gasteiger charge is -2.30. The van der Waals surface area contributed by atoms with Gasteiger partial charge in [0.2, 0.25) is 0 Å². The normalized spacial score (nSPS) is 15.8. The number of aromatic amines is 1. The molecule has 0 amide bonds. The minimum absolute atomic E-state index is 0.357. The number of nitrogens with zero attached hydrogens (tertiary/aromatic N) is 4. The van der Waals surface area contributed by atoms with Crippen molar-refractivity contribution in [3.8, 4) is 11.3 Å². The summed E-state index contributed by atoms with van der Waals surface area (Å²) in [6.45, 7) is 7.50. The molecule has 7 heteroatoms. The Hall–Kier alpha value is -3.03. The molecule has 1 N–H and O–H groups in total. The van der Waals surface area contributed by atoms with Crippen molar-refractivity contribution in [2.45, 2.75) is 45.1 Å². The molecule has 0 unspecified atom stereocenters. The fraction of sp³-hybridized carbons (Fsp3) is 0.423. The first-order valence-electron chi connectivity index (χ1n) is 11.7. The zero-order chi connectivity index (χ0) is 22.9. The Morgan fingerprint density at radius 2 is 2.06 bits per heavy atom. The molecular formula is C26H31N5O2. The number of methoxy groups -OCH3 is 1. The molecule has 4 aromatic rings. The molecule has 7 nitrogen and oxygen atoms in total. The topological polar surface area (TPSA) is 75.5 Å². The van der Waals surface area contributed by atoms with Crippen molar-refractivity contribution in [3.05, 3.63) is 53.5 Å². The number of aromatic nitrogens is 4. The molecule has 0 aliphatic carbocycles. The minimum Gasteiger partial charge on any atom is -0.380 e. The third-order valence-electron chi connectivity index (χ3n) is 6.87. The van der Waals surface area contributed by atoms with Crippen LogP contribution >= 0.6 is 0 Å². The molecule has 33 heavy (non-hydrogen) atoms. The fourth-order valence-corrected chi connectivity index (χ4v) is 5.26. The number of ether oxygens (including phenoxy) is 1. The summed E-state index contributed by atoms with van der Waals surface area (Å²) >= 11 is 0. The predicted molar refractivity (Wildman–Crippen MR) is 130 cm³/mol. The molecule has 1 aromatic carbocycles. The summed E-state index contributed by atoms with van der Waals surface area (Å²) in [4.78, 5) is 21.2. The number of likely N-dealkylation sites (tertiary alicyclic amines) is 1. The van der Waals surface area contributed by atoms with Gasteiger partial charge in [0, 0.05) is 35.3 Å². The zero-order valence-corrected chi connectivity index (χ0v) is 19.5. The molecule has 0 bridgehead atoms. The summed E-state index contributed by atoms with van der Waals surface area (Å²) in [5, 5.41) is 5.67. The van der Waals surface area contributed by atoms with E-state index in [0.29, 0.717) is 25.0 Å². The molecule has 0 saturated carbocycles. The Kier molecular flexibility index (Phi) is 6.00. The van der Waals surface area contributed by atoms with Crippen LogP contribution in [0.3, 0.4) is 0 Å². The van der Waals surface area contributed by atoms with Crippen LogP contribution in [0.4, 0.5) is 0 Å². The summed E-state index contributed by atoms with van der Waals surface area (Å²) in [5.41, 5.74) is 7.94. The first kappa shape index (κ1) is 21.8. The van der Waals surface area contributed by atoms with Gasteiger partial charge in [-0.3, -0.25) is 4.90 Å². The quantitative estimate of drug-likeness (QED) is 0.423. The molecule has 1 aliphatic rings. The van der Waals surface area contributed by atoms with Gasteiger partial charge in [-0.25, -0.2) is 9.50 Å². The van der Waals surface area contributed by atoms with Gasteiger partial charge in [0.05, 0.1) is 18.8 Å². The van der Waals surface area contributed by atoms with E-state index >= 15 is 0 Å². The number of hydrogen-bond acceptors (Lipinski definition) is 5. The van der Waals surface area contributed by atoms with Gasteiger partial charge in [-0.05, 0) is 67.1 Å². The molecule has 3 aromatic heterocycles. The van der Waals surface area contributed by atoms with Crippen LogP contribution < -0.4 is 0 Å². The van der Waals surface area contributed by atoms with Gasteiger partial charge in [0.25, 0.3) is 0 Å². The Bertz CT molecular complexity index is 1280. The predicted octanol–water partition coefficient (Wildman–Crippen LogP) is 4.53. The maximum Gasteiger partial charge on any atom is 0.160 e. The molecule has 4 heterocycles. The summed E-state index contributed by atoms with van der Waals surface area (Å²) in [7, 11) is 1.70. The van der Waals surface area contributed by atoms with E-state index in [0.717, 1.165) is 60.2 Å². The molecular weight excluding hydrogens is 414 g/mol. The molecule has 1 fully saturated rings. The second-order valence-corrected chi connectivity index (χ2v) is 9.33. The highest BCUT2D eigenvalue weighted by atomic mass is 16.5. The van der Waals surface area contributed by atoms with Crippen LogP contribution in [0.5, 0.6) is 0 Å². The Morgan fingerprint density at radius 1 is 1.24 bits per heavy atom. The SMILES string of the molecule is COCc1cc(-c2[nH]c3ccc(C4CCN(CC=O)CC4)cc3c2C(C)C)cn2ncnc12. The van der Waals surface area contributed by atoms with Crippen LogP contribution in [0, 0.1) is 0 Å². The van der Waals surface area contributed by atoms with Crippen molar-refractivity contribution in [2.75, 3.05) is 26.7 Å². The average molecular weight is 446 g/mol. The minimum atomic E-state index is 0.357. The number of piperidine rings is 1. The molecule has 0 atom stereocenters. The molecule has 5 rings (SSSR count). The lowest BCUT2D eigenvalue weighted by atomic mass is 9.87. The number of H-pyrrole nitrogens is 1. The van der Waals surface area contributed by atoms with E-state index in [2.05, 4.69) is 58.1 Å². The molecule has 172 valence electrons. The van der Waals surface area contributed by atoms with Crippen LogP contribution in [0.15, 0.2) is 36.8 Å². The first-order chi connectivity index (χ1) is 16.1. The number of aldehydes is 1. The van der Waals surface area contributed by atoms with E-state index in [1.54, 1.807) is 13.4 Å². The van der Waals surface area contributed by atoms with Crippen LogP contribution in [-0.2, 0) is 16.1 Å². The van der Waals surface area contributed by atoms with Gasteiger partial charge in [-0.1, -0.05) is 19.9 Å². The largest absolute Gasteiger partial charge is 0.380 e. The number of nitrogens with one attached hydrogen (secondary N) is 1. The van der Waals surface area contributed by atoms with Crippen LogP contribution in [0.25, 0.3) is 27.8 Å². The van der Waals surface area contributed by atoms with E-state index in [4.69, 9.17) is 4.74 Å². The maximum atomic E-state index is 10.8. The van der Waals surface area contributed by atoms with E-state index in [9.17, 15) is 4.79 Å². The number of carbonyl (C=O) groups is 1. The molecule has 0 spiro atoms. The third-order valence-corrected chi connectivity index (χ3v) is 6.87. The maximum absolute atomic E-state index is 10.8. The first-order valence-corrected chi connectivity index (χ1v) is 11.7. The van der Waals surface area contributed by atoms with E-state index in [1.807, 2.05) is 10.7 Å². The van der Waals surface area contributed by atoms with Crippen molar-refractivity contribution >= 4 is 22.8 Å². The Labute approximate surface area is 193 Å². The lowest BCUT2D eigenvalue weighted by Crippen LogP contribution is -2.34. The van der Waals surface area contributed by atoms with Gasteiger partial charge in [0.1, 0.15) is 12.6 Å². The fourth-order valence-electron chi connectivity index (χ4n) is 5.26. The second-order valence-electron chi connectivity index (χ2n) is 9.33. The van der Waals surface area contributed by atoms with Crippen molar-refractivity contribution in [1.82, 2.24) is 24.5 Å². The number of rotatable bonds is 7. The Morgan fingerprint density at radius 3 is 2.79 bits per heavy atom. The number of benzene rings is 1. The lowest BCUT2D eigenvalue weighted by molar-refractivity contribution is -0.109. The van der Waals surface area contributed by atoms with Gasteiger partial charge in [-0.2, -0.15) is 5.10 Å². The standard InChI is InChI=1S/C26H31N5O2/c1-17(2)24-22-13-19(18-6-8-30(9-7-18)10-11-32)4-5-23(22)29-25(24)20-12-21(15-33-3)26-27-16-28-31(26)14-20/h4-5,11-14,16-18,29H,6-10,15H2,1-3H3. The van der Waals surface area contributed by atoms with Gasteiger partial charge in [0.15, 0.2) is 5.65 Å². The van der Waals surface area contributed by atoms with Crippen LogP contribution in [0.1, 0.15) is 55.2 Å². The smallest absolute Gasteiger partial charge is 0.160 e. The number of hydrogen-bond donors (Lipinski definition) is 1. The summed E-state index contributed by atoms with van der Waals surface area (Å²) in [6.07, 6.45) is 6.83. The van der Waals surface area contributed by atoms with Crippen molar-refractivity contribution < 1.29 is 9.53 Å². The van der Waals surface area contributed by atoms with Crippen molar-refractivity contribution in [1.29, 1.82) is 0 Å².